The van der Waals surface area contributed by atoms with Gasteiger partial charge in [0, 0.05) is 31.9 Å². The van der Waals surface area contributed by atoms with Gasteiger partial charge in [-0.25, -0.2) is 4.79 Å². The van der Waals surface area contributed by atoms with Crippen molar-refractivity contribution < 1.29 is 23.9 Å². The minimum absolute atomic E-state index is 0.00640. The molecule has 1 atom stereocenters. The van der Waals surface area contributed by atoms with Crippen molar-refractivity contribution >= 4 is 23.5 Å². The van der Waals surface area contributed by atoms with Crippen LogP contribution in [0.25, 0.3) is 0 Å². The third-order valence-electron chi connectivity index (χ3n) is 4.81. The van der Waals surface area contributed by atoms with E-state index < -0.39 is 17.8 Å². The van der Waals surface area contributed by atoms with Gasteiger partial charge in [0.2, 0.25) is 0 Å². The fourth-order valence-electron chi connectivity index (χ4n) is 3.18. The molecule has 1 fully saturated rings. The maximum absolute atomic E-state index is 12.1. The summed E-state index contributed by atoms with van der Waals surface area (Å²) >= 11 is 0. The van der Waals surface area contributed by atoms with Gasteiger partial charge in [-0.15, -0.1) is 0 Å². The highest BCUT2D eigenvalue weighted by Gasteiger charge is 2.22. The monoisotopic (exact) mass is 411 g/mol. The van der Waals surface area contributed by atoms with Gasteiger partial charge in [0.25, 0.3) is 0 Å². The number of rotatable bonds is 6. The van der Waals surface area contributed by atoms with Crippen LogP contribution in [0, 0.1) is 0 Å². The van der Waals surface area contributed by atoms with Crippen molar-refractivity contribution in [3.05, 3.63) is 65.7 Å². The van der Waals surface area contributed by atoms with Gasteiger partial charge in [0.15, 0.2) is 0 Å². The molecule has 1 unspecified atom stereocenters. The normalized spacial score (nSPS) is 16.5. The number of hydrogen-bond acceptors (Lipinski definition) is 6. The van der Waals surface area contributed by atoms with Crippen molar-refractivity contribution in [2.75, 3.05) is 45.2 Å². The molecular weight excluding hydrogens is 386 g/mol. The molecule has 1 saturated heterocycles. The Morgan fingerprint density at radius 2 is 1.80 bits per heavy atom. The first-order valence-electron chi connectivity index (χ1n) is 9.73. The van der Waals surface area contributed by atoms with Gasteiger partial charge in [-0.2, -0.15) is 0 Å². The summed E-state index contributed by atoms with van der Waals surface area (Å²) in [5.41, 5.74) is 1.91. The molecule has 8 nitrogen and oxygen atoms in total. The Hall–Kier alpha value is -3.23. The number of anilines is 1. The lowest BCUT2D eigenvalue weighted by atomic mass is 10.1. The summed E-state index contributed by atoms with van der Waals surface area (Å²) < 4.78 is 10.5. The molecule has 0 radical (unpaired) electrons. The Kier molecular flexibility index (Phi) is 7.53. The van der Waals surface area contributed by atoms with E-state index in [2.05, 4.69) is 20.3 Å². The maximum atomic E-state index is 12.1. The topological polar surface area (TPSA) is 97.0 Å². The van der Waals surface area contributed by atoms with Crippen LogP contribution >= 0.6 is 0 Å². The van der Waals surface area contributed by atoms with Crippen molar-refractivity contribution in [2.45, 2.75) is 6.10 Å². The summed E-state index contributed by atoms with van der Waals surface area (Å²) in [5, 5.41) is 5.14. The first-order chi connectivity index (χ1) is 14.6. The summed E-state index contributed by atoms with van der Waals surface area (Å²) in [4.78, 5) is 37.7. The predicted octanol–water partition coefficient (Wildman–Crippen LogP) is 1.60. The second kappa shape index (κ2) is 10.5. The first-order valence-corrected chi connectivity index (χ1v) is 9.73. The number of methoxy groups -OCH3 is 1. The van der Waals surface area contributed by atoms with Gasteiger partial charge in [-0.05, 0) is 29.8 Å². The molecule has 1 aliphatic heterocycles. The summed E-state index contributed by atoms with van der Waals surface area (Å²) in [6.45, 7) is 3.11. The molecule has 0 aromatic heterocycles. The van der Waals surface area contributed by atoms with E-state index in [1.807, 2.05) is 30.3 Å². The number of carbonyl (C=O) groups excluding carboxylic acids is 3. The van der Waals surface area contributed by atoms with Crippen molar-refractivity contribution in [2.24, 2.45) is 0 Å². The average Bonchev–Trinajstić information content (AvgIpc) is 2.79. The SMILES string of the molecule is COC(=O)c1ccc(NC(=O)C(=O)NCCN2CCOC(c3ccccc3)C2)cc1. The zero-order valence-corrected chi connectivity index (χ0v) is 16.8. The number of nitrogens with one attached hydrogen (secondary N) is 2. The summed E-state index contributed by atoms with van der Waals surface area (Å²) in [5.74, 6) is -1.94. The van der Waals surface area contributed by atoms with E-state index in [-0.39, 0.29) is 6.10 Å². The highest BCUT2D eigenvalue weighted by molar-refractivity contribution is 6.39. The number of amides is 2. The number of nitrogens with zero attached hydrogens (tertiary/aromatic N) is 1. The van der Waals surface area contributed by atoms with Crippen LogP contribution in [-0.2, 0) is 19.1 Å². The molecule has 0 saturated carbocycles. The van der Waals surface area contributed by atoms with Crippen molar-refractivity contribution in [3.8, 4) is 0 Å². The van der Waals surface area contributed by atoms with Gasteiger partial charge in [-0.1, -0.05) is 30.3 Å². The van der Waals surface area contributed by atoms with Crippen molar-refractivity contribution in [3.63, 3.8) is 0 Å². The van der Waals surface area contributed by atoms with Crippen molar-refractivity contribution in [1.29, 1.82) is 0 Å². The first kappa shape index (κ1) is 21.5. The largest absolute Gasteiger partial charge is 0.465 e. The Morgan fingerprint density at radius 3 is 2.50 bits per heavy atom. The smallest absolute Gasteiger partial charge is 0.337 e. The molecule has 2 aromatic carbocycles. The highest BCUT2D eigenvalue weighted by Crippen LogP contribution is 2.21. The number of hydrogen-bond donors (Lipinski definition) is 2. The standard InChI is InChI=1S/C22H25N3O5/c1-29-22(28)17-7-9-18(10-8-17)24-21(27)20(26)23-11-12-25-13-14-30-19(15-25)16-5-3-2-4-6-16/h2-10,19H,11-15H2,1H3,(H,23,26)(H,24,27). The molecule has 158 valence electrons. The van der Waals surface area contributed by atoms with Gasteiger partial charge in [0.05, 0.1) is 25.4 Å². The van der Waals surface area contributed by atoms with Crippen LogP contribution in [0.4, 0.5) is 5.69 Å². The fraction of sp³-hybridized carbons (Fsp3) is 0.318. The maximum Gasteiger partial charge on any atom is 0.337 e. The van der Waals surface area contributed by atoms with Crippen LogP contribution in [0.2, 0.25) is 0 Å². The van der Waals surface area contributed by atoms with Crippen LogP contribution < -0.4 is 10.6 Å². The summed E-state index contributed by atoms with van der Waals surface area (Å²) in [7, 11) is 1.29. The molecule has 30 heavy (non-hydrogen) atoms. The molecule has 1 heterocycles. The molecule has 0 bridgehead atoms. The minimum Gasteiger partial charge on any atom is -0.465 e. The Labute approximate surface area is 175 Å². The number of esters is 1. The van der Waals surface area contributed by atoms with Gasteiger partial charge in [-0.3, -0.25) is 14.5 Å². The average molecular weight is 411 g/mol. The van der Waals surface area contributed by atoms with E-state index in [1.165, 1.54) is 31.4 Å². The number of ether oxygens (including phenoxy) is 2. The zero-order chi connectivity index (χ0) is 21.3. The molecule has 0 spiro atoms. The third kappa shape index (κ3) is 5.88. The lowest BCUT2D eigenvalue weighted by molar-refractivity contribution is -0.136. The molecule has 2 N–H and O–H groups in total. The van der Waals surface area contributed by atoms with E-state index in [1.54, 1.807) is 0 Å². The Morgan fingerprint density at radius 1 is 1.07 bits per heavy atom. The fourth-order valence-corrected chi connectivity index (χ4v) is 3.18. The van der Waals surface area contributed by atoms with E-state index in [0.29, 0.717) is 30.9 Å². The zero-order valence-electron chi connectivity index (χ0n) is 16.8. The van der Waals surface area contributed by atoms with E-state index in [9.17, 15) is 14.4 Å². The highest BCUT2D eigenvalue weighted by atomic mass is 16.5. The number of benzene rings is 2. The van der Waals surface area contributed by atoms with Crippen LogP contribution in [-0.4, -0.2) is 62.6 Å². The molecule has 8 heteroatoms. The third-order valence-corrected chi connectivity index (χ3v) is 4.81. The quantitative estimate of drug-likeness (QED) is 0.554. The molecule has 2 aromatic rings. The molecule has 0 aliphatic carbocycles. The van der Waals surface area contributed by atoms with E-state index >= 15 is 0 Å². The van der Waals surface area contributed by atoms with Crippen LogP contribution in [0.15, 0.2) is 54.6 Å². The lowest BCUT2D eigenvalue weighted by Crippen LogP contribution is -2.44. The Balaban J connectivity index is 1.41. The number of morpholine rings is 1. The minimum atomic E-state index is -0.759. The summed E-state index contributed by atoms with van der Waals surface area (Å²) in [6, 6.07) is 16.1. The van der Waals surface area contributed by atoms with E-state index in [0.717, 1.165) is 18.7 Å². The molecule has 2 amide bonds. The number of carbonyl (C=O) groups is 3. The van der Waals surface area contributed by atoms with Crippen molar-refractivity contribution in [1.82, 2.24) is 10.2 Å². The second-order valence-electron chi connectivity index (χ2n) is 6.85. The second-order valence-corrected chi connectivity index (χ2v) is 6.85. The molecule has 1 aliphatic rings. The molecule has 3 rings (SSSR count). The van der Waals surface area contributed by atoms with E-state index in [4.69, 9.17) is 4.74 Å². The van der Waals surface area contributed by atoms with Crippen LogP contribution in [0.5, 0.6) is 0 Å². The predicted molar refractivity (Wildman–Crippen MR) is 111 cm³/mol. The Bertz CT molecular complexity index is 870. The van der Waals surface area contributed by atoms with Gasteiger partial charge in [0.1, 0.15) is 0 Å². The lowest BCUT2D eigenvalue weighted by Gasteiger charge is -2.33. The van der Waals surface area contributed by atoms with Crippen LogP contribution in [0.3, 0.4) is 0 Å². The molecular formula is C22H25N3O5. The van der Waals surface area contributed by atoms with Gasteiger partial charge >= 0.3 is 17.8 Å². The van der Waals surface area contributed by atoms with Gasteiger partial charge < -0.3 is 20.1 Å². The van der Waals surface area contributed by atoms with Crippen LogP contribution in [0.1, 0.15) is 22.0 Å². The summed E-state index contributed by atoms with van der Waals surface area (Å²) in [6.07, 6.45) is 0.00640.